The number of hydrogen-bond donors (Lipinski definition) is 1. The highest BCUT2D eigenvalue weighted by Crippen LogP contribution is 2.28. The minimum absolute atomic E-state index is 0.913. The van der Waals surface area contributed by atoms with E-state index < -0.39 is 5.60 Å². The molecule has 0 heterocycles. The second kappa shape index (κ2) is 6.21. The quantitative estimate of drug-likeness (QED) is 0.824. The fourth-order valence-electron chi connectivity index (χ4n) is 1.69. The summed E-state index contributed by atoms with van der Waals surface area (Å²) in [6.07, 6.45) is 0. The largest absolute Gasteiger partial charge is 0.381 e. The highest BCUT2D eigenvalue weighted by molar-refractivity contribution is 5.34. The van der Waals surface area contributed by atoms with Gasteiger partial charge in [-0.2, -0.15) is 0 Å². The van der Waals surface area contributed by atoms with Gasteiger partial charge in [0.1, 0.15) is 5.60 Å². The molecule has 17 heavy (non-hydrogen) atoms. The molecular formula is C16H20O. The SMILES string of the molecule is CC.CC(O)(c1ccccc1)c1ccccc1. The summed E-state index contributed by atoms with van der Waals surface area (Å²) < 4.78 is 0. The van der Waals surface area contributed by atoms with E-state index >= 15 is 0 Å². The van der Waals surface area contributed by atoms with Crippen LogP contribution in [0.1, 0.15) is 31.9 Å². The average molecular weight is 228 g/mol. The molecule has 0 aromatic heterocycles. The molecule has 0 amide bonds. The minimum atomic E-state index is -0.914. The molecule has 0 unspecified atom stereocenters. The molecule has 0 fully saturated rings. The highest BCUT2D eigenvalue weighted by atomic mass is 16.3. The van der Waals surface area contributed by atoms with Crippen molar-refractivity contribution in [3.8, 4) is 0 Å². The third-order valence-corrected chi connectivity index (χ3v) is 2.67. The van der Waals surface area contributed by atoms with E-state index in [1.54, 1.807) is 0 Å². The second-order valence-electron chi connectivity index (χ2n) is 3.80. The van der Waals surface area contributed by atoms with Crippen LogP contribution in [0, 0.1) is 0 Å². The summed E-state index contributed by atoms with van der Waals surface area (Å²) in [5, 5.41) is 10.5. The van der Waals surface area contributed by atoms with Gasteiger partial charge < -0.3 is 5.11 Å². The maximum absolute atomic E-state index is 10.5. The molecule has 0 saturated heterocycles. The van der Waals surface area contributed by atoms with Gasteiger partial charge in [0.25, 0.3) is 0 Å². The van der Waals surface area contributed by atoms with E-state index in [4.69, 9.17) is 0 Å². The van der Waals surface area contributed by atoms with Gasteiger partial charge in [-0.3, -0.25) is 0 Å². The van der Waals surface area contributed by atoms with Crippen molar-refractivity contribution in [2.45, 2.75) is 26.4 Å². The van der Waals surface area contributed by atoms with Crippen LogP contribution in [0.3, 0.4) is 0 Å². The molecule has 90 valence electrons. The summed E-state index contributed by atoms with van der Waals surface area (Å²) in [4.78, 5) is 0. The van der Waals surface area contributed by atoms with Gasteiger partial charge in [0.15, 0.2) is 0 Å². The van der Waals surface area contributed by atoms with Crippen LogP contribution in [0.25, 0.3) is 0 Å². The zero-order valence-electron chi connectivity index (χ0n) is 10.7. The van der Waals surface area contributed by atoms with Crippen molar-refractivity contribution in [1.82, 2.24) is 0 Å². The van der Waals surface area contributed by atoms with Crippen LogP contribution in [-0.2, 0) is 5.60 Å². The van der Waals surface area contributed by atoms with Crippen molar-refractivity contribution in [2.24, 2.45) is 0 Å². The van der Waals surface area contributed by atoms with Gasteiger partial charge in [0.2, 0.25) is 0 Å². The smallest absolute Gasteiger partial charge is 0.112 e. The fraction of sp³-hybridized carbons (Fsp3) is 0.250. The first-order valence-electron chi connectivity index (χ1n) is 6.04. The van der Waals surface area contributed by atoms with E-state index in [0.717, 1.165) is 11.1 Å². The van der Waals surface area contributed by atoms with E-state index in [2.05, 4.69) is 0 Å². The Morgan fingerprint density at radius 2 is 1.00 bits per heavy atom. The second-order valence-corrected chi connectivity index (χ2v) is 3.80. The van der Waals surface area contributed by atoms with Crippen LogP contribution in [0.15, 0.2) is 60.7 Å². The van der Waals surface area contributed by atoms with E-state index in [9.17, 15) is 5.11 Å². The molecule has 0 radical (unpaired) electrons. The van der Waals surface area contributed by atoms with Crippen molar-refractivity contribution in [2.75, 3.05) is 0 Å². The van der Waals surface area contributed by atoms with Gasteiger partial charge in [0, 0.05) is 0 Å². The van der Waals surface area contributed by atoms with Crippen LogP contribution in [0.4, 0.5) is 0 Å². The molecule has 0 aliphatic carbocycles. The van der Waals surface area contributed by atoms with Gasteiger partial charge in [0.05, 0.1) is 0 Å². The Kier molecular flexibility index (Phi) is 4.92. The lowest BCUT2D eigenvalue weighted by atomic mass is 9.88. The monoisotopic (exact) mass is 228 g/mol. The highest BCUT2D eigenvalue weighted by Gasteiger charge is 2.24. The number of hydrogen-bond acceptors (Lipinski definition) is 1. The molecule has 0 spiro atoms. The Morgan fingerprint density at radius 1 is 0.706 bits per heavy atom. The Bertz CT molecular complexity index is 376. The number of rotatable bonds is 2. The van der Waals surface area contributed by atoms with Crippen LogP contribution >= 0.6 is 0 Å². The van der Waals surface area contributed by atoms with E-state index in [-0.39, 0.29) is 0 Å². The molecule has 0 saturated carbocycles. The molecule has 1 N–H and O–H groups in total. The molecular weight excluding hydrogens is 208 g/mol. The summed E-state index contributed by atoms with van der Waals surface area (Å²) in [6, 6.07) is 19.4. The van der Waals surface area contributed by atoms with Gasteiger partial charge in [-0.05, 0) is 18.1 Å². The summed E-state index contributed by atoms with van der Waals surface area (Å²) in [7, 11) is 0. The first kappa shape index (κ1) is 13.5. The third kappa shape index (κ3) is 3.18. The van der Waals surface area contributed by atoms with Gasteiger partial charge in [-0.15, -0.1) is 0 Å². The molecule has 0 atom stereocenters. The van der Waals surface area contributed by atoms with E-state index in [0.29, 0.717) is 0 Å². The molecule has 2 aromatic carbocycles. The minimum Gasteiger partial charge on any atom is -0.381 e. The maximum Gasteiger partial charge on any atom is 0.112 e. The molecule has 0 aliphatic heterocycles. The van der Waals surface area contributed by atoms with Crippen molar-refractivity contribution < 1.29 is 5.11 Å². The summed E-state index contributed by atoms with van der Waals surface area (Å²) in [5.74, 6) is 0. The summed E-state index contributed by atoms with van der Waals surface area (Å²) >= 11 is 0. The van der Waals surface area contributed by atoms with E-state index in [1.807, 2.05) is 81.4 Å². The van der Waals surface area contributed by atoms with Crippen LogP contribution in [0.2, 0.25) is 0 Å². The Morgan fingerprint density at radius 3 is 1.29 bits per heavy atom. The zero-order valence-corrected chi connectivity index (χ0v) is 10.7. The Balaban J connectivity index is 0.000000686. The summed E-state index contributed by atoms with van der Waals surface area (Å²) in [5.41, 5.74) is 0.912. The van der Waals surface area contributed by atoms with Gasteiger partial charge in [-0.1, -0.05) is 74.5 Å². The lowest BCUT2D eigenvalue weighted by Crippen LogP contribution is -2.22. The van der Waals surface area contributed by atoms with Gasteiger partial charge >= 0.3 is 0 Å². The first-order valence-corrected chi connectivity index (χ1v) is 6.04. The lowest BCUT2D eigenvalue weighted by Gasteiger charge is -2.24. The van der Waals surface area contributed by atoms with Crippen LogP contribution < -0.4 is 0 Å². The molecule has 2 aromatic rings. The topological polar surface area (TPSA) is 20.2 Å². The molecule has 1 nitrogen and oxygen atoms in total. The predicted molar refractivity (Wildman–Crippen MR) is 72.9 cm³/mol. The van der Waals surface area contributed by atoms with Crippen molar-refractivity contribution in [3.05, 3.63) is 71.8 Å². The maximum atomic E-state index is 10.5. The standard InChI is InChI=1S/C14H14O.C2H6/c1-14(15,12-8-4-2-5-9-12)13-10-6-3-7-11-13;1-2/h2-11,15H,1H3;1-2H3. The molecule has 0 aliphatic rings. The predicted octanol–water partition coefficient (Wildman–Crippen LogP) is 3.97. The van der Waals surface area contributed by atoms with Crippen LogP contribution in [-0.4, -0.2) is 5.11 Å². The third-order valence-electron chi connectivity index (χ3n) is 2.67. The molecule has 2 rings (SSSR count). The number of benzene rings is 2. The van der Waals surface area contributed by atoms with Crippen molar-refractivity contribution in [1.29, 1.82) is 0 Å². The zero-order chi connectivity index (χ0) is 12.7. The Hall–Kier alpha value is -1.60. The molecule has 0 bridgehead atoms. The number of aliphatic hydroxyl groups is 1. The van der Waals surface area contributed by atoms with Crippen molar-refractivity contribution in [3.63, 3.8) is 0 Å². The van der Waals surface area contributed by atoms with Gasteiger partial charge in [-0.25, -0.2) is 0 Å². The van der Waals surface area contributed by atoms with Crippen molar-refractivity contribution >= 4 is 0 Å². The van der Waals surface area contributed by atoms with Crippen LogP contribution in [0.5, 0.6) is 0 Å². The normalized spacial score (nSPS) is 10.4. The molecule has 1 heteroatoms. The lowest BCUT2D eigenvalue weighted by molar-refractivity contribution is 0.102. The fourth-order valence-corrected chi connectivity index (χ4v) is 1.69. The van der Waals surface area contributed by atoms with E-state index in [1.165, 1.54) is 0 Å². The summed E-state index contributed by atoms with van der Waals surface area (Å²) in [6.45, 7) is 5.82. The first-order chi connectivity index (χ1) is 8.21. The Labute approximate surface area is 104 Å². The average Bonchev–Trinajstić information content (AvgIpc) is 2.43.